The summed E-state index contributed by atoms with van der Waals surface area (Å²) in [6.07, 6.45) is 5.83. The molecule has 2 aromatic heterocycles. The lowest BCUT2D eigenvalue weighted by Gasteiger charge is -2.02. The maximum atomic E-state index is 4.79. The quantitative estimate of drug-likeness (QED) is 0.330. The SMILES string of the molecule is Cc1nn2c(N=Cc3ccccc3)c(-c3ccccc3)nc2nc1/C=C/c1ccccc1. The van der Waals surface area contributed by atoms with E-state index >= 15 is 0 Å². The lowest BCUT2D eigenvalue weighted by molar-refractivity contribution is 0.864. The number of hydrogen-bond acceptors (Lipinski definition) is 4. The molecule has 0 saturated carbocycles. The average molecular weight is 416 g/mol. The van der Waals surface area contributed by atoms with Crippen molar-refractivity contribution in [2.24, 2.45) is 4.99 Å². The van der Waals surface area contributed by atoms with Gasteiger partial charge in [-0.25, -0.2) is 15.0 Å². The van der Waals surface area contributed by atoms with Crippen LogP contribution in [0.4, 0.5) is 5.82 Å². The number of fused-ring (bicyclic) bond motifs is 1. The summed E-state index contributed by atoms with van der Waals surface area (Å²) in [5, 5.41) is 4.77. The molecule has 32 heavy (non-hydrogen) atoms. The molecule has 0 unspecified atom stereocenters. The minimum Gasteiger partial charge on any atom is -0.234 e. The number of aromatic nitrogens is 4. The van der Waals surface area contributed by atoms with Crippen LogP contribution in [-0.4, -0.2) is 25.8 Å². The number of rotatable bonds is 5. The van der Waals surface area contributed by atoms with Crippen LogP contribution < -0.4 is 0 Å². The fourth-order valence-corrected chi connectivity index (χ4v) is 3.42. The van der Waals surface area contributed by atoms with E-state index in [1.807, 2.05) is 104 Å². The van der Waals surface area contributed by atoms with Crippen molar-refractivity contribution in [3.63, 3.8) is 0 Å². The molecule has 0 bridgehead atoms. The number of aliphatic imine (C=N–C) groups is 1. The van der Waals surface area contributed by atoms with Crippen molar-refractivity contribution >= 4 is 30.0 Å². The first-order chi connectivity index (χ1) is 15.8. The number of imidazole rings is 1. The Morgan fingerprint density at radius 2 is 1.34 bits per heavy atom. The van der Waals surface area contributed by atoms with Crippen molar-refractivity contribution in [1.82, 2.24) is 19.6 Å². The van der Waals surface area contributed by atoms with E-state index in [2.05, 4.69) is 12.1 Å². The van der Waals surface area contributed by atoms with Crippen LogP contribution in [0.1, 0.15) is 22.5 Å². The first-order valence-electron chi connectivity index (χ1n) is 10.4. The van der Waals surface area contributed by atoms with Crippen LogP contribution in [0.3, 0.4) is 0 Å². The van der Waals surface area contributed by atoms with Gasteiger partial charge in [-0.3, -0.25) is 0 Å². The molecule has 154 valence electrons. The summed E-state index contributed by atoms with van der Waals surface area (Å²) in [6, 6.07) is 30.1. The molecule has 0 N–H and O–H groups in total. The van der Waals surface area contributed by atoms with E-state index in [0.717, 1.165) is 33.8 Å². The van der Waals surface area contributed by atoms with Crippen LogP contribution in [0.5, 0.6) is 0 Å². The van der Waals surface area contributed by atoms with Crippen LogP contribution in [0.2, 0.25) is 0 Å². The van der Waals surface area contributed by atoms with Crippen LogP contribution in [0.25, 0.3) is 29.2 Å². The van der Waals surface area contributed by atoms with E-state index in [4.69, 9.17) is 20.1 Å². The predicted molar refractivity (Wildman–Crippen MR) is 130 cm³/mol. The molecule has 0 aliphatic heterocycles. The van der Waals surface area contributed by atoms with Crippen molar-refractivity contribution in [1.29, 1.82) is 0 Å². The highest BCUT2D eigenvalue weighted by Crippen LogP contribution is 2.30. The van der Waals surface area contributed by atoms with E-state index < -0.39 is 0 Å². The van der Waals surface area contributed by atoms with Crippen molar-refractivity contribution in [2.75, 3.05) is 0 Å². The highest BCUT2D eigenvalue weighted by molar-refractivity contribution is 5.84. The van der Waals surface area contributed by atoms with Crippen molar-refractivity contribution in [3.05, 3.63) is 114 Å². The molecule has 0 atom stereocenters. The number of benzene rings is 3. The molecule has 5 aromatic rings. The summed E-state index contributed by atoms with van der Waals surface area (Å²) in [6.45, 7) is 1.95. The van der Waals surface area contributed by atoms with Gasteiger partial charge in [-0.2, -0.15) is 9.61 Å². The molecule has 0 saturated heterocycles. The van der Waals surface area contributed by atoms with Gasteiger partial charge in [0.15, 0.2) is 5.82 Å². The Morgan fingerprint density at radius 3 is 2.03 bits per heavy atom. The molecule has 5 heteroatoms. The maximum absolute atomic E-state index is 4.79. The molecule has 0 aliphatic carbocycles. The van der Waals surface area contributed by atoms with Crippen molar-refractivity contribution in [2.45, 2.75) is 6.92 Å². The lowest BCUT2D eigenvalue weighted by Crippen LogP contribution is -2.01. The summed E-state index contributed by atoms with van der Waals surface area (Å²) >= 11 is 0. The molecule has 0 spiro atoms. The predicted octanol–water partition coefficient (Wildman–Crippen LogP) is 6.02. The zero-order valence-electron chi connectivity index (χ0n) is 17.6. The minimum atomic E-state index is 0.516. The first kappa shape index (κ1) is 19.6. The first-order valence-corrected chi connectivity index (χ1v) is 10.4. The van der Waals surface area contributed by atoms with Gasteiger partial charge >= 0.3 is 0 Å². The fraction of sp³-hybridized carbons (Fsp3) is 0.0370. The van der Waals surface area contributed by atoms with Gasteiger partial charge in [0, 0.05) is 11.8 Å². The smallest absolute Gasteiger partial charge is 0.234 e. The Morgan fingerprint density at radius 1 is 0.719 bits per heavy atom. The second kappa shape index (κ2) is 8.78. The van der Waals surface area contributed by atoms with Gasteiger partial charge in [-0.1, -0.05) is 97.1 Å². The summed E-state index contributed by atoms with van der Waals surface area (Å²) in [4.78, 5) is 14.3. The zero-order valence-corrected chi connectivity index (χ0v) is 17.6. The Bertz CT molecular complexity index is 1400. The summed E-state index contributed by atoms with van der Waals surface area (Å²) < 4.78 is 1.72. The molecule has 3 aromatic carbocycles. The van der Waals surface area contributed by atoms with Gasteiger partial charge in [-0.05, 0) is 24.1 Å². The molecular formula is C27H21N5. The molecular weight excluding hydrogens is 394 g/mol. The normalized spacial score (nSPS) is 11.7. The van der Waals surface area contributed by atoms with Gasteiger partial charge < -0.3 is 0 Å². The maximum Gasteiger partial charge on any atom is 0.253 e. The Labute approximate surface area is 186 Å². The Balaban J connectivity index is 1.62. The van der Waals surface area contributed by atoms with Gasteiger partial charge in [-0.15, -0.1) is 0 Å². The molecule has 0 fully saturated rings. The lowest BCUT2D eigenvalue weighted by atomic mass is 10.1. The number of nitrogens with zero attached hydrogens (tertiary/aromatic N) is 5. The molecule has 2 heterocycles. The molecule has 5 nitrogen and oxygen atoms in total. The molecule has 0 radical (unpaired) electrons. The van der Waals surface area contributed by atoms with Crippen LogP contribution in [0, 0.1) is 6.92 Å². The third-order valence-corrected chi connectivity index (χ3v) is 5.07. The van der Waals surface area contributed by atoms with Gasteiger partial charge in [0.1, 0.15) is 5.69 Å². The van der Waals surface area contributed by atoms with Crippen molar-refractivity contribution in [3.8, 4) is 11.3 Å². The molecule has 5 rings (SSSR count). The Hall–Kier alpha value is -4.38. The third kappa shape index (κ3) is 4.09. The average Bonchev–Trinajstić information content (AvgIpc) is 3.20. The standard InChI is InChI=1S/C27H21N5/c1-20-24(18-17-21-11-5-2-6-12-21)29-27-30-25(23-15-9-4-10-16-23)26(32(27)31-20)28-19-22-13-7-3-8-14-22/h2-19H,1H3/b18-17+,28-19?. The van der Waals surface area contributed by atoms with E-state index in [1.54, 1.807) is 4.52 Å². The summed E-state index contributed by atoms with van der Waals surface area (Å²) in [7, 11) is 0. The van der Waals surface area contributed by atoms with E-state index in [0.29, 0.717) is 11.6 Å². The third-order valence-electron chi connectivity index (χ3n) is 5.07. The number of aryl methyl sites for hydroxylation is 1. The molecule has 0 amide bonds. The van der Waals surface area contributed by atoms with E-state index in [-0.39, 0.29) is 0 Å². The minimum absolute atomic E-state index is 0.516. The van der Waals surface area contributed by atoms with E-state index in [9.17, 15) is 0 Å². The van der Waals surface area contributed by atoms with Gasteiger partial charge in [0.25, 0.3) is 5.78 Å². The van der Waals surface area contributed by atoms with Crippen LogP contribution >= 0.6 is 0 Å². The van der Waals surface area contributed by atoms with Gasteiger partial charge in [0.05, 0.1) is 11.4 Å². The van der Waals surface area contributed by atoms with Crippen molar-refractivity contribution < 1.29 is 0 Å². The second-order valence-corrected chi connectivity index (χ2v) is 7.36. The van der Waals surface area contributed by atoms with Crippen LogP contribution in [-0.2, 0) is 0 Å². The van der Waals surface area contributed by atoms with E-state index in [1.165, 1.54) is 0 Å². The molecule has 0 aliphatic rings. The second-order valence-electron chi connectivity index (χ2n) is 7.36. The monoisotopic (exact) mass is 415 g/mol. The largest absolute Gasteiger partial charge is 0.253 e. The topological polar surface area (TPSA) is 55.4 Å². The number of hydrogen-bond donors (Lipinski definition) is 0. The summed E-state index contributed by atoms with van der Waals surface area (Å²) in [5.41, 5.74) is 5.42. The van der Waals surface area contributed by atoms with Crippen LogP contribution in [0.15, 0.2) is 96.0 Å². The highest BCUT2D eigenvalue weighted by atomic mass is 15.3. The summed E-state index contributed by atoms with van der Waals surface area (Å²) in [5.74, 6) is 1.17. The Kier molecular flexibility index (Phi) is 5.37. The highest BCUT2D eigenvalue weighted by Gasteiger charge is 2.16. The zero-order chi connectivity index (χ0) is 21.8. The van der Waals surface area contributed by atoms with Gasteiger partial charge in [0.2, 0.25) is 0 Å². The fourth-order valence-electron chi connectivity index (χ4n) is 3.42.